The van der Waals surface area contributed by atoms with Gasteiger partial charge in [-0.2, -0.15) is 0 Å². The van der Waals surface area contributed by atoms with Crippen molar-refractivity contribution in [1.82, 2.24) is 10.2 Å². The van der Waals surface area contributed by atoms with Crippen LogP contribution in [0, 0.1) is 11.8 Å². The topological polar surface area (TPSA) is 32.3 Å². The molecule has 0 aromatic carbocycles. The van der Waals surface area contributed by atoms with Crippen LogP contribution in [0.2, 0.25) is 0 Å². The summed E-state index contributed by atoms with van der Waals surface area (Å²) < 4.78 is 0. The summed E-state index contributed by atoms with van der Waals surface area (Å²) >= 11 is 0. The number of hydrogen-bond acceptors (Lipinski definition) is 2. The lowest BCUT2D eigenvalue weighted by Gasteiger charge is -2.23. The second-order valence-electron chi connectivity index (χ2n) is 4.32. The number of rotatable bonds is 6. The summed E-state index contributed by atoms with van der Waals surface area (Å²) in [6, 6.07) is 0. The number of hydrogen-bond donors (Lipinski definition) is 1. The molecule has 0 aromatic heterocycles. The van der Waals surface area contributed by atoms with Crippen LogP contribution in [0.4, 0.5) is 0 Å². The summed E-state index contributed by atoms with van der Waals surface area (Å²) in [5.41, 5.74) is 0. The van der Waals surface area contributed by atoms with Crippen LogP contribution in [0.5, 0.6) is 0 Å². The van der Waals surface area contributed by atoms with Gasteiger partial charge in [0.25, 0.3) is 0 Å². The van der Waals surface area contributed by atoms with E-state index in [-0.39, 0.29) is 11.8 Å². The van der Waals surface area contributed by atoms with E-state index < -0.39 is 0 Å². The van der Waals surface area contributed by atoms with E-state index in [9.17, 15) is 4.79 Å². The molecule has 1 atom stereocenters. The molecule has 0 saturated heterocycles. The Morgan fingerprint density at radius 1 is 1.36 bits per heavy atom. The molecule has 0 heterocycles. The molecule has 0 saturated carbocycles. The maximum Gasteiger partial charge on any atom is 0.226 e. The normalized spacial score (nSPS) is 13.0. The van der Waals surface area contributed by atoms with E-state index in [0.717, 1.165) is 19.6 Å². The minimum absolute atomic E-state index is 0.0821. The highest BCUT2D eigenvalue weighted by Crippen LogP contribution is 2.03. The van der Waals surface area contributed by atoms with Crippen molar-refractivity contribution in [3.8, 4) is 0 Å². The SMILES string of the molecule is CCNCC(C)C(=O)N(C)CC(C)C. The first-order valence-electron chi connectivity index (χ1n) is 5.44. The molecule has 0 aliphatic carbocycles. The van der Waals surface area contributed by atoms with Gasteiger partial charge in [-0.1, -0.05) is 27.7 Å². The number of nitrogens with zero attached hydrogens (tertiary/aromatic N) is 1. The maximum atomic E-state index is 11.8. The smallest absolute Gasteiger partial charge is 0.226 e. The van der Waals surface area contributed by atoms with Crippen molar-refractivity contribution in [3.05, 3.63) is 0 Å². The second-order valence-corrected chi connectivity index (χ2v) is 4.32. The predicted molar refractivity (Wildman–Crippen MR) is 60.2 cm³/mol. The third-order valence-corrected chi connectivity index (χ3v) is 2.14. The average molecular weight is 200 g/mol. The molecule has 0 aromatic rings. The van der Waals surface area contributed by atoms with Crippen LogP contribution in [0.3, 0.4) is 0 Å². The standard InChI is InChI=1S/C11H24N2O/c1-6-12-7-10(4)11(14)13(5)8-9(2)3/h9-10,12H,6-8H2,1-5H3. The summed E-state index contributed by atoms with van der Waals surface area (Å²) in [6.07, 6.45) is 0. The number of carbonyl (C=O) groups excluding carboxylic acids is 1. The van der Waals surface area contributed by atoms with E-state index >= 15 is 0 Å². The van der Waals surface area contributed by atoms with Crippen LogP contribution in [0.15, 0.2) is 0 Å². The first-order chi connectivity index (χ1) is 6.49. The Labute approximate surface area is 87.9 Å². The Kier molecular flexibility index (Phi) is 6.54. The van der Waals surface area contributed by atoms with Crippen LogP contribution in [0.25, 0.3) is 0 Å². The first-order valence-corrected chi connectivity index (χ1v) is 5.44. The molecule has 0 aliphatic rings. The number of amides is 1. The van der Waals surface area contributed by atoms with Gasteiger partial charge in [-0.3, -0.25) is 4.79 Å². The van der Waals surface area contributed by atoms with Gasteiger partial charge in [0, 0.05) is 26.1 Å². The number of carbonyl (C=O) groups is 1. The minimum Gasteiger partial charge on any atom is -0.345 e. The van der Waals surface area contributed by atoms with Crippen LogP contribution < -0.4 is 5.32 Å². The molecule has 3 nitrogen and oxygen atoms in total. The lowest BCUT2D eigenvalue weighted by Crippen LogP contribution is -2.38. The summed E-state index contributed by atoms with van der Waals surface area (Å²) in [5, 5.41) is 3.19. The predicted octanol–water partition coefficient (Wildman–Crippen LogP) is 1.35. The van der Waals surface area contributed by atoms with Gasteiger partial charge in [0.2, 0.25) is 5.91 Å². The highest BCUT2D eigenvalue weighted by atomic mass is 16.2. The van der Waals surface area contributed by atoms with E-state index in [2.05, 4.69) is 26.1 Å². The van der Waals surface area contributed by atoms with Crippen molar-refractivity contribution in [3.63, 3.8) is 0 Å². The lowest BCUT2D eigenvalue weighted by molar-refractivity contribution is -0.133. The van der Waals surface area contributed by atoms with E-state index in [1.807, 2.05) is 18.9 Å². The molecule has 1 N–H and O–H groups in total. The molecule has 0 bridgehead atoms. The Hall–Kier alpha value is -0.570. The van der Waals surface area contributed by atoms with Gasteiger partial charge in [-0.15, -0.1) is 0 Å². The highest BCUT2D eigenvalue weighted by Gasteiger charge is 2.17. The molecule has 0 spiro atoms. The fourth-order valence-electron chi connectivity index (χ4n) is 1.46. The monoisotopic (exact) mass is 200 g/mol. The molecule has 0 fully saturated rings. The zero-order chi connectivity index (χ0) is 11.1. The molecular weight excluding hydrogens is 176 g/mol. The second kappa shape index (κ2) is 6.82. The average Bonchev–Trinajstić information content (AvgIpc) is 2.11. The summed E-state index contributed by atoms with van der Waals surface area (Å²) in [4.78, 5) is 13.6. The van der Waals surface area contributed by atoms with Crippen molar-refractivity contribution in [2.45, 2.75) is 27.7 Å². The zero-order valence-electron chi connectivity index (χ0n) is 10.1. The molecule has 0 rings (SSSR count). The molecule has 3 heteroatoms. The number of nitrogens with one attached hydrogen (secondary N) is 1. The van der Waals surface area contributed by atoms with E-state index in [1.54, 1.807) is 0 Å². The molecule has 14 heavy (non-hydrogen) atoms. The van der Waals surface area contributed by atoms with Crippen LogP contribution in [-0.4, -0.2) is 37.5 Å². The van der Waals surface area contributed by atoms with Gasteiger partial charge in [0.1, 0.15) is 0 Å². The largest absolute Gasteiger partial charge is 0.345 e. The molecule has 0 radical (unpaired) electrons. The minimum atomic E-state index is 0.0821. The highest BCUT2D eigenvalue weighted by molar-refractivity contribution is 5.78. The fourth-order valence-corrected chi connectivity index (χ4v) is 1.46. The molecule has 84 valence electrons. The zero-order valence-corrected chi connectivity index (χ0v) is 10.1. The Morgan fingerprint density at radius 3 is 2.36 bits per heavy atom. The van der Waals surface area contributed by atoms with Crippen molar-refractivity contribution in [2.75, 3.05) is 26.7 Å². The van der Waals surface area contributed by atoms with Gasteiger partial charge in [0.15, 0.2) is 0 Å². The summed E-state index contributed by atoms with van der Waals surface area (Å²) in [7, 11) is 1.88. The maximum absolute atomic E-state index is 11.8. The van der Waals surface area contributed by atoms with Gasteiger partial charge >= 0.3 is 0 Å². The lowest BCUT2D eigenvalue weighted by atomic mass is 10.1. The van der Waals surface area contributed by atoms with Gasteiger partial charge in [-0.05, 0) is 12.5 Å². The molecule has 0 aliphatic heterocycles. The summed E-state index contributed by atoms with van der Waals surface area (Å²) in [5.74, 6) is 0.855. The quantitative estimate of drug-likeness (QED) is 0.702. The van der Waals surface area contributed by atoms with E-state index in [0.29, 0.717) is 5.92 Å². The van der Waals surface area contributed by atoms with E-state index in [1.165, 1.54) is 0 Å². The Balaban J connectivity index is 3.91. The van der Waals surface area contributed by atoms with Crippen molar-refractivity contribution < 1.29 is 4.79 Å². The van der Waals surface area contributed by atoms with E-state index in [4.69, 9.17) is 0 Å². The third-order valence-electron chi connectivity index (χ3n) is 2.14. The van der Waals surface area contributed by atoms with Gasteiger partial charge in [0.05, 0.1) is 0 Å². The summed E-state index contributed by atoms with van der Waals surface area (Å²) in [6.45, 7) is 10.8. The van der Waals surface area contributed by atoms with Gasteiger partial charge < -0.3 is 10.2 Å². The van der Waals surface area contributed by atoms with Crippen LogP contribution >= 0.6 is 0 Å². The van der Waals surface area contributed by atoms with Crippen LogP contribution in [-0.2, 0) is 4.79 Å². The van der Waals surface area contributed by atoms with Gasteiger partial charge in [-0.25, -0.2) is 0 Å². The molecular formula is C11H24N2O. The molecule has 1 unspecified atom stereocenters. The third kappa shape index (κ3) is 5.22. The first kappa shape index (κ1) is 13.4. The van der Waals surface area contributed by atoms with Crippen molar-refractivity contribution in [1.29, 1.82) is 0 Å². The van der Waals surface area contributed by atoms with Crippen molar-refractivity contribution >= 4 is 5.91 Å². The van der Waals surface area contributed by atoms with Crippen molar-refractivity contribution in [2.24, 2.45) is 11.8 Å². The van der Waals surface area contributed by atoms with Crippen LogP contribution in [0.1, 0.15) is 27.7 Å². The fraction of sp³-hybridized carbons (Fsp3) is 0.909. The Morgan fingerprint density at radius 2 is 1.93 bits per heavy atom. The Bertz CT molecular complexity index is 169. The molecule has 1 amide bonds.